The number of aliphatic hydroxyl groups is 1. The van der Waals surface area contributed by atoms with Gasteiger partial charge < -0.3 is 15.3 Å². The van der Waals surface area contributed by atoms with Gasteiger partial charge in [0.2, 0.25) is 11.9 Å². The molecule has 4 rings (SSSR count). The highest BCUT2D eigenvalue weighted by molar-refractivity contribution is 7.17. The third-order valence-corrected chi connectivity index (χ3v) is 6.75. The second-order valence-electron chi connectivity index (χ2n) is 8.76. The number of hydrogen-bond acceptors (Lipinski definition) is 10. The highest BCUT2D eigenvalue weighted by Gasteiger charge is 2.21. The Balaban J connectivity index is 1.51. The fourth-order valence-electron chi connectivity index (χ4n) is 3.65. The molecule has 1 saturated heterocycles. The van der Waals surface area contributed by atoms with Crippen LogP contribution in [0.3, 0.4) is 0 Å². The topological polar surface area (TPSA) is 119 Å². The SMILES string of the molecule is Cc1cccc(Cl)c1NC(=O)c1cnc(Nc2nc(CC(C)C)nc(N3CCN(CO)CC3)n2)s1. The first-order valence-electron chi connectivity index (χ1n) is 11.4. The Bertz CT molecular complexity index is 1160. The van der Waals surface area contributed by atoms with Crippen molar-refractivity contribution in [3.63, 3.8) is 0 Å². The van der Waals surface area contributed by atoms with Crippen LogP contribution < -0.4 is 15.5 Å². The smallest absolute Gasteiger partial charge is 0.267 e. The molecule has 0 aliphatic carbocycles. The predicted molar refractivity (Wildman–Crippen MR) is 139 cm³/mol. The first-order valence-corrected chi connectivity index (χ1v) is 12.6. The Hall–Kier alpha value is -2.86. The molecule has 0 spiro atoms. The Morgan fingerprint density at radius 3 is 2.66 bits per heavy atom. The third-order valence-electron chi connectivity index (χ3n) is 5.52. The Labute approximate surface area is 213 Å². The molecule has 35 heavy (non-hydrogen) atoms. The van der Waals surface area contributed by atoms with Gasteiger partial charge in [-0.05, 0) is 24.5 Å². The van der Waals surface area contributed by atoms with Gasteiger partial charge in [-0.15, -0.1) is 0 Å². The minimum Gasteiger partial charge on any atom is -0.381 e. The van der Waals surface area contributed by atoms with E-state index < -0.39 is 0 Å². The molecular formula is C23H29ClN8O2S. The number of amides is 1. The monoisotopic (exact) mass is 516 g/mol. The van der Waals surface area contributed by atoms with Crippen LogP contribution in [0.15, 0.2) is 24.4 Å². The zero-order chi connectivity index (χ0) is 24.9. The largest absolute Gasteiger partial charge is 0.381 e. The van der Waals surface area contributed by atoms with Gasteiger partial charge in [-0.3, -0.25) is 15.0 Å². The van der Waals surface area contributed by atoms with Crippen molar-refractivity contribution in [3.05, 3.63) is 45.7 Å². The van der Waals surface area contributed by atoms with Crippen molar-refractivity contribution >= 4 is 51.6 Å². The molecule has 0 unspecified atom stereocenters. The van der Waals surface area contributed by atoms with Crippen molar-refractivity contribution in [1.82, 2.24) is 24.8 Å². The van der Waals surface area contributed by atoms with Crippen LogP contribution in [0, 0.1) is 12.8 Å². The molecule has 0 atom stereocenters. The number of nitrogens with one attached hydrogen (secondary N) is 2. The number of aliphatic hydroxyl groups excluding tert-OH is 1. The Morgan fingerprint density at radius 1 is 1.20 bits per heavy atom. The molecule has 3 N–H and O–H groups in total. The molecule has 2 aromatic heterocycles. The van der Waals surface area contributed by atoms with Gasteiger partial charge in [-0.25, -0.2) is 4.98 Å². The summed E-state index contributed by atoms with van der Waals surface area (Å²) in [6.45, 7) is 9.07. The van der Waals surface area contributed by atoms with E-state index >= 15 is 0 Å². The van der Waals surface area contributed by atoms with Gasteiger partial charge in [0.25, 0.3) is 5.91 Å². The lowest BCUT2D eigenvalue weighted by atomic mass is 10.1. The predicted octanol–water partition coefficient (Wildman–Crippen LogP) is 3.56. The van der Waals surface area contributed by atoms with E-state index in [1.54, 1.807) is 6.07 Å². The average Bonchev–Trinajstić information content (AvgIpc) is 3.29. The maximum Gasteiger partial charge on any atom is 0.267 e. The molecule has 0 saturated carbocycles. The second-order valence-corrected chi connectivity index (χ2v) is 10.2. The average molecular weight is 517 g/mol. The molecule has 12 heteroatoms. The number of para-hydroxylation sites is 1. The van der Waals surface area contributed by atoms with Gasteiger partial charge in [0, 0.05) is 32.6 Å². The summed E-state index contributed by atoms with van der Waals surface area (Å²) in [5.74, 6) is 1.77. The summed E-state index contributed by atoms with van der Waals surface area (Å²) in [5.41, 5.74) is 1.47. The maximum absolute atomic E-state index is 12.8. The molecule has 3 heterocycles. The number of halogens is 1. The zero-order valence-corrected chi connectivity index (χ0v) is 21.5. The maximum atomic E-state index is 12.8. The summed E-state index contributed by atoms with van der Waals surface area (Å²) in [6, 6.07) is 5.46. The van der Waals surface area contributed by atoms with Crippen LogP contribution in [-0.2, 0) is 6.42 Å². The van der Waals surface area contributed by atoms with E-state index in [2.05, 4.69) is 49.3 Å². The fraction of sp³-hybridized carbons (Fsp3) is 0.435. The van der Waals surface area contributed by atoms with Crippen molar-refractivity contribution in [1.29, 1.82) is 0 Å². The molecule has 186 valence electrons. The summed E-state index contributed by atoms with van der Waals surface area (Å²) >= 11 is 7.44. The minimum atomic E-state index is -0.287. The molecule has 1 fully saturated rings. The number of piperazine rings is 1. The number of benzene rings is 1. The molecule has 3 aromatic rings. The van der Waals surface area contributed by atoms with Crippen LogP contribution in [0.2, 0.25) is 5.02 Å². The van der Waals surface area contributed by atoms with Crippen molar-refractivity contribution in [2.75, 3.05) is 48.4 Å². The van der Waals surface area contributed by atoms with Crippen molar-refractivity contribution in [3.8, 4) is 0 Å². The molecule has 1 aliphatic rings. The second kappa shape index (κ2) is 11.3. The highest BCUT2D eigenvalue weighted by Crippen LogP contribution is 2.28. The van der Waals surface area contributed by atoms with Crippen LogP contribution in [0.1, 0.15) is 34.9 Å². The standard InChI is InChI=1S/C23H29ClN8O2S/c1-14(2)11-18-26-21(29-22(27-18)32-9-7-31(13-33)8-10-32)30-23-25-12-17(35-23)20(34)28-19-15(3)5-4-6-16(19)24/h4-6,12,14,33H,7-11,13H2,1-3H3,(H,28,34)(H,25,26,27,29,30). The Morgan fingerprint density at radius 2 is 1.97 bits per heavy atom. The van der Waals surface area contributed by atoms with Crippen LogP contribution in [0.25, 0.3) is 0 Å². The number of thiazole rings is 1. The highest BCUT2D eigenvalue weighted by atomic mass is 35.5. The van der Waals surface area contributed by atoms with E-state index in [0.717, 1.165) is 18.7 Å². The van der Waals surface area contributed by atoms with Gasteiger partial charge in [0.15, 0.2) is 5.13 Å². The number of hydrogen-bond donors (Lipinski definition) is 3. The molecule has 10 nitrogen and oxygen atoms in total. The van der Waals surface area contributed by atoms with Crippen LogP contribution >= 0.6 is 22.9 Å². The summed E-state index contributed by atoms with van der Waals surface area (Å²) < 4.78 is 0. The number of carbonyl (C=O) groups excluding carboxylic acids is 1. The lowest BCUT2D eigenvalue weighted by Crippen LogP contribution is -2.47. The minimum absolute atomic E-state index is 0.0481. The van der Waals surface area contributed by atoms with Crippen LogP contribution in [0.4, 0.5) is 22.7 Å². The van der Waals surface area contributed by atoms with Gasteiger partial charge in [-0.2, -0.15) is 15.0 Å². The number of rotatable bonds is 8. The molecule has 0 bridgehead atoms. The summed E-state index contributed by atoms with van der Waals surface area (Å²) in [5, 5.41) is 16.4. The van der Waals surface area contributed by atoms with Gasteiger partial charge in [0.1, 0.15) is 10.7 Å². The lowest BCUT2D eigenvalue weighted by Gasteiger charge is -2.33. The van der Waals surface area contributed by atoms with E-state index in [0.29, 0.717) is 63.9 Å². The van der Waals surface area contributed by atoms with Crippen LogP contribution in [-0.4, -0.2) is 68.8 Å². The van der Waals surface area contributed by atoms with Crippen LogP contribution in [0.5, 0.6) is 0 Å². The third kappa shape index (κ3) is 6.43. The molecular weight excluding hydrogens is 488 g/mol. The quantitative estimate of drug-likeness (QED) is 0.412. The Kier molecular flexibility index (Phi) is 8.11. The zero-order valence-electron chi connectivity index (χ0n) is 20.0. The van der Waals surface area contributed by atoms with Gasteiger partial charge >= 0.3 is 0 Å². The lowest BCUT2D eigenvalue weighted by molar-refractivity contribution is 0.101. The number of nitrogens with zero attached hydrogens (tertiary/aromatic N) is 6. The van der Waals surface area contributed by atoms with E-state index in [-0.39, 0.29) is 12.6 Å². The van der Waals surface area contributed by atoms with E-state index in [4.69, 9.17) is 11.6 Å². The number of anilines is 4. The van der Waals surface area contributed by atoms with Gasteiger partial charge in [0.05, 0.1) is 23.6 Å². The first kappa shape index (κ1) is 25.2. The van der Waals surface area contributed by atoms with E-state index in [9.17, 15) is 9.90 Å². The molecule has 1 amide bonds. The molecule has 0 radical (unpaired) electrons. The summed E-state index contributed by atoms with van der Waals surface area (Å²) in [6.07, 6.45) is 2.23. The van der Waals surface area contributed by atoms with Gasteiger partial charge in [-0.1, -0.05) is 48.9 Å². The first-order chi connectivity index (χ1) is 16.8. The van der Waals surface area contributed by atoms with Crippen molar-refractivity contribution in [2.45, 2.75) is 27.2 Å². The number of aromatic nitrogens is 4. The van der Waals surface area contributed by atoms with E-state index in [1.165, 1.54) is 17.5 Å². The fourth-order valence-corrected chi connectivity index (χ4v) is 4.62. The number of carbonyl (C=O) groups is 1. The van der Waals surface area contributed by atoms with Crippen molar-refractivity contribution < 1.29 is 9.90 Å². The molecule has 1 aliphatic heterocycles. The summed E-state index contributed by atoms with van der Waals surface area (Å²) in [7, 11) is 0. The molecule has 1 aromatic carbocycles. The van der Waals surface area contributed by atoms with Crippen molar-refractivity contribution in [2.24, 2.45) is 5.92 Å². The number of aryl methyl sites for hydroxylation is 1. The normalized spacial score (nSPS) is 14.4. The van der Waals surface area contributed by atoms with E-state index in [1.807, 2.05) is 24.0 Å². The summed E-state index contributed by atoms with van der Waals surface area (Å²) in [4.78, 5) is 35.5.